The van der Waals surface area contributed by atoms with E-state index in [0.717, 1.165) is 20.1 Å². The molecular formula is C11H8Br2OS. The Balaban J connectivity index is 2.36. The molecule has 1 nitrogen and oxygen atoms in total. The molecule has 78 valence electrons. The van der Waals surface area contributed by atoms with Crippen molar-refractivity contribution < 1.29 is 5.11 Å². The molecule has 0 radical (unpaired) electrons. The van der Waals surface area contributed by atoms with Crippen LogP contribution in [-0.4, -0.2) is 5.11 Å². The van der Waals surface area contributed by atoms with Crippen LogP contribution in [-0.2, 0) is 0 Å². The SMILES string of the molecule is OC(c1cccc(Br)c1)c1cscc1Br. The predicted octanol–water partition coefficient (Wildman–Crippen LogP) is 4.35. The van der Waals surface area contributed by atoms with Gasteiger partial charge in [0.2, 0.25) is 0 Å². The number of hydrogen-bond donors (Lipinski definition) is 1. The van der Waals surface area contributed by atoms with Gasteiger partial charge in [0.25, 0.3) is 0 Å². The standard InChI is InChI=1S/C11H8Br2OS/c12-8-3-1-2-7(4-8)11(14)9-5-15-6-10(9)13/h1-6,11,14H. The first-order valence-electron chi connectivity index (χ1n) is 4.33. The van der Waals surface area contributed by atoms with Crippen LogP contribution >= 0.6 is 43.2 Å². The number of benzene rings is 1. The summed E-state index contributed by atoms with van der Waals surface area (Å²) in [5, 5.41) is 14.1. The van der Waals surface area contributed by atoms with Crippen molar-refractivity contribution in [3.8, 4) is 0 Å². The fraction of sp³-hybridized carbons (Fsp3) is 0.0909. The Bertz CT molecular complexity index is 467. The normalized spacial score (nSPS) is 12.7. The molecule has 1 atom stereocenters. The summed E-state index contributed by atoms with van der Waals surface area (Å²) in [5.41, 5.74) is 1.81. The molecule has 0 saturated carbocycles. The van der Waals surface area contributed by atoms with Gasteiger partial charge < -0.3 is 5.11 Å². The maximum Gasteiger partial charge on any atom is 0.106 e. The zero-order valence-electron chi connectivity index (χ0n) is 7.65. The van der Waals surface area contributed by atoms with Crippen molar-refractivity contribution in [1.82, 2.24) is 0 Å². The summed E-state index contributed by atoms with van der Waals surface area (Å²) in [5.74, 6) is 0. The topological polar surface area (TPSA) is 20.2 Å². The molecule has 2 aromatic rings. The molecule has 2 rings (SSSR count). The summed E-state index contributed by atoms with van der Waals surface area (Å²) in [6.07, 6.45) is -0.567. The average molecular weight is 348 g/mol. The third kappa shape index (κ3) is 2.50. The summed E-state index contributed by atoms with van der Waals surface area (Å²) in [7, 11) is 0. The van der Waals surface area contributed by atoms with E-state index in [2.05, 4.69) is 31.9 Å². The summed E-state index contributed by atoms with van der Waals surface area (Å²) < 4.78 is 1.94. The van der Waals surface area contributed by atoms with Crippen LogP contribution in [0.25, 0.3) is 0 Å². The van der Waals surface area contributed by atoms with Gasteiger partial charge in [0.1, 0.15) is 6.10 Å². The second-order valence-corrected chi connectivity index (χ2v) is 5.65. The number of aliphatic hydroxyl groups is 1. The zero-order valence-corrected chi connectivity index (χ0v) is 11.6. The molecule has 0 fully saturated rings. The van der Waals surface area contributed by atoms with Crippen LogP contribution in [0.1, 0.15) is 17.2 Å². The van der Waals surface area contributed by atoms with E-state index in [1.165, 1.54) is 0 Å². The third-order valence-electron chi connectivity index (χ3n) is 2.10. The molecule has 0 aliphatic rings. The Morgan fingerprint density at radius 2 is 2.00 bits per heavy atom. The van der Waals surface area contributed by atoms with Crippen LogP contribution in [0, 0.1) is 0 Å². The van der Waals surface area contributed by atoms with Crippen molar-refractivity contribution in [2.24, 2.45) is 0 Å². The molecule has 15 heavy (non-hydrogen) atoms. The monoisotopic (exact) mass is 346 g/mol. The highest BCUT2D eigenvalue weighted by Crippen LogP contribution is 2.32. The van der Waals surface area contributed by atoms with Crippen molar-refractivity contribution in [3.63, 3.8) is 0 Å². The molecule has 0 amide bonds. The fourth-order valence-electron chi connectivity index (χ4n) is 1.34. The maximum absolute atomic E-state index is 10.1. The third-order valence-corrected chi connectivity index (χ3v) is 4.35. The second kappa shape index (κ2) is 4.78. The predicted molar refractivity (Wildman–Crippen MR) is 70.2 cm³/mol. The minimum atomic E-state index is -0.567. The van der Waals surface area contributed by atoms with Gasteiger partial charge in [-0.2, -0.15) is 11.3 Å². The number of aliphatic hydroxyl groups excluding tert-OH is 1. The number of rotatable bonds is 2. The van der Waals surface area contributed by atoms with Crippen molar-refractivity contribution >= 4 is 43.2 Å². The molecular weight excluding hydrogens is 340 g/mol. The summed E-state index contributed by atoms with van der Waals surface area (Å²) in [4.78, 5) is 0. The molecule has 1 heterocycles. The molecule has 0 spiro atoms. The molecule has 1 N–H and O–H groups in total. The minimum absolute atomic E-state index is 0.567. The van der Waals surface area contributed by atoms with Crippen LogP contribution in [0.2, 0.25) is 0 Å². The lowest BCUT2D eigenvalue weighted by Crippen LogP contribution is -1.98. The highest BCUT2D eigenvalue weighted by molar-refractivity contribution is 9.10. The molecule has 0 aliphatic heterocycles. The van der Waals surface area contributed by atoms with Gasteiger partial charge in [-0.15, -0.1) is 0 Å². The molecule has 1 aromatic heterocycles. The Morgan fingerprint density at radius 3 is 2.60 bits per heavy atom. The molecule has 0 bridgehead atoms. The number of halogens is 2. The van der Waals surface area contributed by atoms with Gasteiger partial charge in [0.05, 0.1) is 0 Å². The Labute approximate surface area is 109 Å². The zero-order chi connectivity index (χ0) is 10.8. The number of thiophene rings is 1. The Morgan fingerprint density at radius 1 is 1.20 bits per heavy atom. The van der Waals surface area contributed by atoms with E-state index in [0.29, 0.717) is 0 Å². The van der Waals surface area contributed by atoms with Crippen LogP contribution in [0.15, 0.2) is 44.0 Å². The summed E-state index contributed by atoms with van der Waals surface area (Å²) >= 11 is 8.39. The van der Waals surface area contributed by atoms with E-state index in [1.54, 1.807) is 11.3 Å². The average Bonchev–Trinajstić information content (AvgIpc) is 2.63. The number of hydrogen-bond acceptors (Lipinski definition) is 2. The quantitative estimate of drug-likeness (QED) is 0.855. The van der Waals surface area contributed by atoms with Gasteiger partial charge in [-0.25, -0.2) is 0 Å². The van der Waals surface area contributed by atoms with Crippen LogP contribution in [0.3, 0.4) is 0 Å². The van der Waals surface area contributed by atoms with E-state index >= 15 is 0 Å². The van der Waals surface area contributed by atoms with Crippen molar-refractivity contribution in [2.75, 3.05) is 0 Å². The molecule has 0 saturated heterocycles. The fourth-order valence-corrected chi connectivity index (χ4v) is 3.29. The van der Waals surface area contributed by atoms with E-state index < -0.39 is 6.10 Å². The summed E-state index contributed by atoms with van der Waals surface area (Å²) in [6, 6.07) is 7.70. The highest BCUT2D eigenvalue weighted by atomic mass is 79.9. The van der Waals surface area contributed by atoms with Crippen LogP contribution < -0.4 is 0 Å². The van der Waals surface area contributed by atoms with E-state index in [9.17, 15) is 5.11 Å². The minimum Gasteiger partial charge on any atom is -0.384 e. The Kier molecular flexibility index (Phi) is 3.61. The van der Waals surface area contributed by atoms with Gasteiger partial charge >= 0.3 is 0 Å². The Hall–Kier alpha value is -0.160. The first-order chi connectivity index (χ1) is 7.18. The van der Waals surface area contributed by atoms with Crippen LogP contribution in [0.5, 0.6) is 0 Å². The van der Waals surface area contributed by atoms with Crippen molar-refractivity contribution in [3.05, 3.63) is 55.1 Å². The first-order valence-corrected chi connectivity index (χ1v) is 6.86. The lowest BCUT2D eigenvalue weighted by Gasteiger charge is -2.10. The molecule has 0 aliphatic carbocycles. The van der Waals surface area contributed by atoms with Gasteiger partial charge in [0, 0.05) is 19.9 Å². The first kappa shape index (κ1) is 11.3. The molecule has 4 heteroatoms. The van der Waals surface area contributed by atoms with Crippen LogP contribution in [0.4, 0.5) is 0 Å². The van der Waals surface area contributed by atoms with Crippen molar-refractivity contribution in [1.29, 1.82) is 0 Å². The van der Waals surface area contributed by atoms with E-state index in [-0.39, 0.29) is 0 Å². The second-order valence-electron chi connectivity index (χ2n) is 3.13. The molecule has 1 unspecified atom stereocenters. The van der Waals surface area contributed by atoms with Crippen molar-refractivity contribution in [2.45, 2.75) is 6.10 Å². The van der Waals surface area contributed by atoms with Gasteiger partial charge in [0.15, 0.2) is 0 Å². The van der Waals surface area contributed by atoms with Gasteiger partial charge in [-0.05, 0) is 39.0 Å². The summed E-state index contributed by atoms with van der Waals surface area (Å²) in [6.45, 7) is 0. The van der Waals surface area contributed by atoms with E-state index in [4.69, 9.17) is 0 Å². The van der Waals surface area contributed by atoms with Gasteiger partial charge in [-0.3, -0.25) is 0 Å². The smallest absolute Gasteiger partial charge is 0.106 e. The lowest BCUT2D eigenvalue weighted by molar-refractivity contribution is 0.220. The largest absolute Gasteiger partial charge is 0.384 e. The lowest BCUT2D eigenvalue weighted by atomic mass is 10.1. The molecule has 1 aromatic carbocycles. The van der Waals surface area contributed by atoms with E-state index in [1.807, 2.05) is 35.0 Å². The highest BCUT2D eigenvalue weighted by Gasteiger charge is 2.14. The van der Waals surface area contributed by atoms with Gasteiger partial charge in [-0.1, -0.05) is 28.1 Å². The maximum atomic E-state index is 10.1.